The Bertz CT molecular complexity index is 642. The molecule has 1 aromatic carbocycles. The summed E-state index contributed by atoms with van der Waals surface area (Å²) >= 11 is 0. The molecule has 5 heteroatoms. The smallest absolute Gasteiger partial charge is 0.213 e. The molecule has 0 aliphatic heterocycles. The van der Waals surface area contributed by atoms with Gasteiger partial charge in [0.05, 0.1) is 6.54 Å². The molecule has 1 N–H and O–H groups in total. The van der Waals surface area contributed by atoms with Crippen molar-refractivity contribution in [1.29, 1.82) is 0 Å². The Balaban J connectivity index is 1.98. The van der Waals surface area contributed by atoms with Gasteiger partial charge in [-0.3, -0.25) is 0 Å². The van der Waals surface area contributed by atoms with Gasteiger partial charge in [-0.2, -0.15) is 4.98 Å². The first-order valence-corrected chi connectivity index (χ1v) is 5.84. The summed E-state index contributed by atoms with van der Waals surface area (Å²) in [6.45, 7) is 1.49. The molecule has 0 aliphatic carbocycles. The van der Waals surface area contributed by atoms with Crippen LogP contribution in [0, 0.1) is 0 Å². The molecule has 92 valence electrons. The highest BCUT2D eigenvalue weighted by Crippen LogP contribution is 2.18. The molecule has 2 aromatic heterocycles. The predicted octanol–water partition coefficient (Wildman–Crippen LogP) is 1.79. The van der Waals surface area contributed by atoms with E-state index in [2.05, 4.69) is 44.3 Å². The highest BCUT2D eigenvalue weighted by Gasteiger charge is 2.05. The molecule has 0 atom stereocenters. The Hall–Kier alpha value is -2.14. The van der Waals surface area contributed by atoms with Crippen LogP contribution in [0.25, 0.3) is 10.9 Å². The molecule has 0 saturated carbocycles. The van der Waals surface area contributed by atoms with Crippen LogP contribution in [0.2, 0.25) is 0 Å². The summed E-state index contributed by atoms with van der Waals surface area (Å²) in [7, 11) is 1.95. The molecule has 0 amide bonds. The maximum Gasteiger partial charge on any atom is 0.213 e. The van der Waals surface area contributed by atoms with Gasteiger partial charge < -0.3 is 14.4 Å². The topological polar surface area (TPSA) is 55.9 Å². The largest absolute Gasteiger partial charge is 0.343 e. The van der Waals surface area contributed by atoms with E-state index in [9.17, 15) is 0 Å². The van der Waals surface area contributed by atoms with Crippen LogP contribution in [0.5, 0.6) is 0 Å². The summed E-state index contributed by atoms with van der Waals surface area (Å²) in [5, 5.41) is 8.22. The number of nitrogens with zero attached hydrogens (tertiary/aromatic N) is 3. The van der Waals surface area contributed by atoms with Crippen LogP contribution in [0.15, 0.2) is 41.4 Å². The van der Waals surface area contributed by atoms with Crippen molar-refractivity contribution >= 4 is 10.9 Å². The van der Waals surface area contributed by atoms with Crippen molar-refractivity contribution < 1.29 is 4.52 Å². The van der Waals surface area contributed by atoms with Crippen LogP contribution in [-0.4, -0.2) is 21.8 Å². The minimum Gasteiger partial charge on any atom is -0.343 e. The molecule has 0 unspecified atom stereocenters. The quantitative estimate of drug-likeness (QED) is 0.757. The normalized spacial score (nSPS) is 11.2. The third-order valence-corrected chi connectivity index (χ3v) is 2.94. The second-order valence-corrected chi connectivity index (χ2v) is 4.21. The number of nitrogens with one attached hydrogen (secondary N) is 1. The third kappa shape index (κ3) is 2.00. The third-order valence-electron chi connectivity index (χ3n) is 2.94. The van der Waals surface area contributed by atoms with Crippen molar-refractivity contribution in [3.05, 3.63) is 48.2 Å². The van der Waals surface area contributed by atoms with Crippen LogP contribution >= 0.6 is 0 Å². The van der Waals surface area contributed by atoms with Crippen molar-refractivity contribution in [1.82, 2.24) is 20.0 Å². The Morgan fingerprint density at radius 2 is 2.28 bits per heavy atom. The molecule has 5 nitrogen and oxygen atoms in total. The van der Waals surface area contributed by atoms with E-state index in [0.717, 1.165) is 6.54 Å². The van der Waals surface area contributed by atoms with Crippen molar-refractivity contribution in [2.45, 2.75) is 13.1 Å². The maximum absolute atomic E-state index is 4.75. The molecule has 18 heavy (non-hydrogen) atoms. The van der Waals surface area contributed by atoms with Crippen molar-refractivity contribution in [3.63, 3.8) is 0 Å². The number of aromatic nitrogens is 3. The lowest BCUT2D eigenvalue weighted by atomic mass is 10.1. The molecule has 3 rings (SSSR count). The summed E-state index contributed by atoms with van der Waals surface area (Å²) in [6, 6.07) is 8.55. The average molecular weight is 242 g/mol. The van der Waals surface area contributed by atoms with Crippen molar-refractivity contribution in [3.8, 4) is 0 Å². The number of hydrogen-bond donors (Lipinski definition) is 1. The van der Waals surface area contributed by atoms with Gasteiger partial charge in [0.25, 0.3) is 0 Å². The zero-order valence-corrected chi connectivity index (χ0v) is 10.1. The Labute approximate surface area is 104 Å². The number of rotatable bonds is 4. The lowest BCUT2D eigenvalue weighted by molar-refractivity contribution is 0.408. The van der Waals surface area contributed by atoms with Crippen LogP contribution in [0.1, 0.15) is 11.4 Å². The second-order valence-electron chi connectivity index (χ2n) is 4.21. The zero-order chi connectivity index (χ0) is 12.4. The van der Waals surface area contributed by atoms with Gasteiger partial charge in [-0.25, -0.2) is 0 Å². The van der Waals surface area contributed by atoms with E-state index >= 15 is 0 Å². The molecule has 0 spiro atoms. The second kappa shape index (κ2) is 4.62. The van der Waals surface area contributed by atoms with E-state index in [-0.39, 0.29) is 0 Å². The molecular weight excluding hydrogens is 228 g/mol. The first-order valence-electron chi connectivity index (χ1n) is 5.84. The molecule has 0 fully saturated rings. The van der Waals surface area contributed by atoms with Gasteiger partial charge in [0, 0.05) is 18.3 Å². The van der Waals surface area contributed by atoms with Gasteiger partial charge >= 0.3 is 0 Å². The molecular formula is C13H14N4O. The van der Waals surface area contributed by atoms with E-state index in [1.807, 2.05) is 13.2 Å². The van der Waals surface area contributed by atoms with Crippen LogP contribution in [0.3, 0.4) is 0 Å². The summed E-state index contributed by atoms with van der Waals surface area (Å²) in [5.41, 5.74) is 2.45. The molecule has 3 aromatic rings. The monoisotopic (exact) mass is 242 g/mol. The summed E-state index contributed by atoms with van der Waals surface area (Å²) < 4.78 is 6.88. The lowest BCUT2D eigenvalue weighted by Crippen LogP contribution is -2.05. The number of hydrogen-bond acceptors (Lipinski definition) is 4. The summed E-state index contributed by atoms with van der Waals surface area (Å²) in [5.74, 6) is 0.687. The highest BCUT2D eigenvalue weighted by molar-refractivity contribution is 5.80. The number of benzene rings is 1. The first-order chi connectivity index (χ1) is 8.86. The zero-order valence-electron chi connectivity index (χ0n) is 10.1. The minimum atomic E-state index is 0.628. The van der Waals surface area contributed by atoms with Crippen molar-refractivity contribution in [2.24, 2.45) is 0 Å². The summed E-state index contributed by atoms with van der Waals surface area (Å²) in [4.78, 5) is 4.05. The fraction of sp³-hybridized carbons (Fsp3) is 0.231. The van der Waals surface area contributed by atoms with Gasteiger partial charge in [0.2, 0.25) is 6.39 Å². The van der Waals surface area contributed by atoms with Crippen molar-refractivity contribution in [2.75, 3.05) is 7.05 Å². The van der Waals surface area contributed by atoms with Gasteiger partial charge in [-0.05, 0) is 30.1 Å². The standard InChI is InChI=1S/C13H14N4O/c1-14-7-10-2-3-11-4-5-17(12(11)6-10)8-13-15-9-18-16-13/h2-6,9,14H,7-8H2,1H3. The Morgan fingerprint density at radius 1 is 1.33 bits per heavy atom. The molecule has 0 aliphatic rings. The molecule has 0 radical (unpaired) electrons. The van der Waals surface area contributed by atoms with Crippen LogP contribution in [0.4, 0.5) is 0 Å². The number of fused-ring (bicyclic) bond motifs is 1. The van der Waals surface area contributed by atoms with Crippen LogP contribution in [-0.2, 0) is 13.1 Å². The lowest BCUT2D eigenvalue weighted by Gasteiger charge is -2.04. The minimum absolute atomic E-state index is 0.628. The molecule has 0 bridgehead atoms. The maximum atomic E-state index is 4.75. The fourth-order valence-corrected chi connectivity index (χ4v) is 2.10. The Kier molecular flexibility index (Phi) is 2.82. The molecule has 0 saturated heterocycles. The molecule has 2 heterocycles. The van der Waals surface area contributed by atoms with E-state index in [1.165, 1.54) is 22.9 Å². The average Bonchev–Trinajstić information content (AvgIpc) is 3.01. The van der Waals surface area contributed by atoms with E-state index in [0.29, 0.717) is 12.4 Å². The first kappa shape index (κ1) is 11.0. The van der Waals surface area contributed by atoms with Gasteiger partial charge in [-0.15, -0.1) is 0 Å². The van der Waals surface area contributed by atoms with Gasteiger partial charge in [0.15, 0.2) is 5.82 Å². The highest BCUT2D eigenvalue weighted by atomic mass is 16.5. The fourth-order valence-electron chi connectivity index (χ4n) is 2.10. The van der Waals surface area contributed by atoms with E-state index in [1.54, 1.807) is 0 Å². The van der Waals surface area contributed by atoms with E-state index < -0.39 is 0 Å². The van der Waals surface area contributed by atoms with Gasteiger partial charge in [0.1, 0.15) is 0 Å². The SMILES string of the molecule is CNCc1ccc2ccn(Cc3ncon3)c2c1. The van der Waals surface area contributed by atoms with Crippen LogP contribution < -0.4 is 5.32 Å². The van der Waals surface area contributed by atoms with Gasteiger partial charge in [-0.1, -0.05) is 17.3 Å². The Morgan fingerprint density at radius 3 is 3.06 bits per heavy atom. The van der Waals surface area contributed by atoms with E-state index in [4.69, 9.17) is 4.52 Å². The summed E-state index contributed by atoms with van der Waals surface area (Å²) in [6.07, 6.45) is 3.40. The predicted molar refractivity (Wildman–Crippen MR) is 68.1 cm³/mol.